The van der Waals surface area contributed by atoms with Crippen molar-refractivity contribution < 1.29 is 13.2 Å². The van der Waals surface area contributed by atoms with Gasteiger partial charge in [0.1, 0.15) is 22.8 Å². The number of aryl methyl sites for hydroxylation is 2. The van der Waals surface area contributed by atoms with Crippen LogP contribution in [0.2, 0.25) is 0 Å². The molecule has 2 aromatic heterocycles. The molecule has 2 saturated heterocycles. The summed E-state index contributed by atoms with van der Waals surface area (Å²) in [5.74, 6) is 0.795. The van der Waals surface area contributed by atoms with Crippen LogP contribution in [0.5, 0.6) is 0 Å². The highest BCUT2D eigenvalue weighted by Gasteiger charge is 2.36. The number of hydrogen-bond acceptors (Lipinski definition) is 7. The summed E-state index contributed by atoms with van der Waals surface area (Å²) < 4.78 is 45.9. The molecule has 0 radical (unpaired) electrons. The van der Waals surface area contributed by atoms with Crippen LogP contribution < -0.4 is 5.32 Å². The molecule has 7 nitrogen and oxygen atoms in total. The predicted octanol–water partition coefficient (Wildman–Crippen LogP) is 5.32. The first-order valence-corrected chi connectivity index (χ1v) is 13.8. The van der Waals surface area contributed by atoms with Gasteiger partial charge in [0, 0.05) is 43.8 Å². The molecule has 0 atom stereocenters. The Morgan fingerprint density at radius 3 is 2.46 bits per heavy atom. The zero-order valence-corrected chi connectivity index (χ0v) is 22.2. The van der Waals surface area contributed by atoms with Crippen molar-refractivity contribution in [1.82, 2.24) is 28.7 Å². The Balaban J connectivity index is 1.43. The van der Waals surface area contributed by atoms with Gasteiger partial charge in [0.2, 0.25) is 5.95 Å². The molecular weight excluding hydrogens is 499 g/mol. The number of imidazole rings is 1. The summed E-state index contributed by atoms with van der Waals surface area (Å²) in [6, 6.07) is 6.35. The molecule has 37 heavy (non-hydrogen) atoms. The smallest absolute Gasteiger partial charge is 0.351 e. The van der Waals surface area contributed by atoms with Gasteiger partial charge in [-0.1, -0.05) is 24.1 Å². The zero-order valence-electron chi connectivity index (χ0n) is 21.3. The van der Waals surface area contributed by atoms with Gasteiger partial charge in [-0.15, -0.1) is 0 Å². The Hall–Kier alpha value is -2.63. The number of likely N-dealkylation sites (tertiary alicyclic amines) is 1. The predicted molar refractivity (Wildman–Crippen MR) is 141 cm³/mol. The van der Waals surface area contributed by atoms with Gasteiger partial charge in [-0.05, 0) is 69.6 Å². The lowest BCUT2D eigenvalue weighted by atomic mass is 10.1. The molecule has 4 heterocycles. The number of aromatic nitrogens is 4. The molecule has 1 aromatic carbocycles. The minimum Gasteiger partial charge on any atom is -0.351 e. The van der Waals surface area contributed by atoms with Crippen molar-refractivity contribution in [3.8, 4) is 17.1 Å². The lowest BCUT2D eigenvalue weighted by Gasteiger charge is -2.30. The van der Waals surface area contributed by atoms with Crippen LogP contribution in [0.4, 0.5) is 19.1 Å². The Bertz CT molecular complexity index is 1250. The number of rotatable bonds is 7. The third kappa shape index (κ3) is 5.78. The molecule has 198 valence electrons. The Labute approximate surface area is 219 Å². The minimum absolute atomic E-state index is 0.115. The Morgan fingerprint density at radius 1 is 1.08 bits per heavy atom. The Morgan fingerprint density at radius 2 is 1.84 bits per heavy atom. The van der Waals surface area contributed by atoms with E-state index < -0.39 is 11.7 Å². The molecule has 0 bridgehead atoms. The van der Waals surface area contributed by atoms with Crippen molar-refractivity contribution in [3.63, 3.8) is 0 Å². The number of hydrogen-bond donors (Lipinski definition) is 1. The fourth-order valence-electron chi connectivity index (χ4n) is 4.93. The van der Waals surface area contributed by atoms with Gasteiger partial charge in [0.05, 0.1) is 0 Å². The molecule has 5 rings (SSSR count). The summed E-state index contributed by atoms with van der Waals surface area (Å²) in [6.45, 7) is 8.79. The van der Waals surface area contributed by atoms with Gasteiger partial charge < -0.3 is 9.88 Å². The quantitative estimate of drug-likeness (QED) is 0.414. The van der Waals surface area contributed by atoms with Gasteiger partial charge in [0.15, 0.2) is 0 Å². The van der Waals surface area contributed by atoms with Gasteiger partial charge in [-0.25, -0.2) is 15.0 Å². The monoisotopic (exact) mass is 531 g/mol. The van der Waals surface area contributed by atoms with Crippen molar-refractivity contribution in [2.24, 2.45) is 0 Å². The van der Waals surface area contributed by atoms with Crippen LogP contribution in [0.3, 0.4) is 0 Å². The normalized spacial score (nSPS) is 17.7. The molecule has 2 aliphatic rings. The molecule has 1 N–H and O–H groups in total. The van der Waals surface area contributed by atoms with Crippen molar-refractivity contribution in [2.45, 2.75) is 51.9 Å². The maximum atomic E-state index is 13.9. The van der Waals surface area contributed by atoms with E-state index in [1.807, 2.05) is 23.8 Å². The van der Waals surface area contributed by atoms with Gasteiger partial charge in [-0.3, -0.25) is 9.21 Å². The average molecular weight is 532 g/mol. The van der Waals surface area contributed by atoms with E-state index in [-0.39, 0.29) is 23.4 Å². The number of nitrogens with one attached hydrogen (secondary N) is 1. The van der Waals surface area contributed by atoms with Crippen molar-refractivity contribution in [3.05, 3.63) is 53.1 Å². The number of piperidine rings is 1. The molecular formula is C26H32F3N7S. The zero-order chi connectivity index (χ0) is 26.2. The molecule has 0 saturated carbocycles. The van der Waals surface area contributed by atoms with Crippen molar-refractivity contribution >= 4 is 17.9 Å². The van der Waals surface area contributed by atoms with Crippen LogP contribution in [0.15, 0.2) is 30.6 Å². The Kier molecular flexibility index (Phi) is 7.46. The molecule has 0 aliphatic carbocycles. The summed E-state index contributed by atoms with van der Waals surface area (Å²) in [5, 5.41) is 3.24. The maximum absolute atomic E-state index is 13.9. The van der Waals surface area contributed by atoms with Crippen LogP contribution in [0, 0.1) is 13.8 Å². The minimum atomic E-state index is -4.59. The number of benzene rings is 1. The summed E-state index contributed by atoms with van der Waals surface area (Å²) >= 11 is 1.70. The average Bonchev–Trinajstić information content (AvgIpc) is 3.22. The lowest BCUT2D eigenvalue weighted by molar-refractivity contribution is -0.137. The van der Waals surface area contributed by atoms with Crippen molar-refractivity contribution in [2.75, 3.05) is 37.8 Å². The molecule has 0 unspecified atom stereocenters. The molecule has 2 aliphatic heterocycles. The molecule has 0 spiro atoms. The highest BCUT2D eigenvalue weighted by Crippen LogP contribution is 2.36. The lowest BCUT2D eigenvalue weighted by Crippen LogP contribution is -2.36. The molecule has 2 fully saturated rings. The van der Waals surface area contributed by atoms with Crippen LogP contribution in [-0.2, 0) is 12.7 Å². The van der Waals surface area contributed by atoms with Crippen molar-refractivity contribution in [1.29, 1.82) is 0 Å². The van der Waals surface area contributed by atoms with Crippen LogP contribution in [0.1, 0.15) is 41.8 Å². The highest BCUT2D eigenvalue weighted by molar-refractivity contribution is 7.96. The van der Waals surface area contributed by atoms with Gasteiger partial charge >= 0.3 is 6.18 Å². The first-order chi connectivity index (χ1) is 17.7. The molecule has 0 amide bonds. The van der Waals surface area contributed by atoms with E-state index in [1.165, 1.54) is 12.0 Å². The summed E-state index contributed by atoms with van der Waals surface area (Å²) in [7, 11) is 0. The van der Waals surface area contributed by atoms with Crippen LogP contribution >= 0.6 is 11.9 Å². The summed E-state index contributed by atoms with van der Waals surface area (Å²) in [5.41, 5.74) is 2.25. The van der Waals surface area contributed by atoms with E-state index >= 15 is 0 Å². The van der Waals surface area contributed by atoms with Gasteiger partial charge in [-0.2, -0.15) is 13.2 Å². The van der Waals surface area contributed by atoms with E-state index in [2.05, 4.69) is 41.6 Å². The fraction of sp³-hybridized carbons (Fsp3) is 0.500. The third-order valence-corrected chi connectivity index (χ3v) is 8.02. The van der Waals surface area contributed by atoms with E-state index in [0.29, 0.717) is 5.82 Å². The highest BCUT2D eigenvalue weighted by atomic mass is 32.2. The number of halogens is 3. The van der Waals surface area contributed by atoms with Crippen LogP contribution in [0.25, 0.3) is 17.1 Å². The summed E-state index contributed by atoms with van der Waals surface area (Å²) in [4.78, 5) is 15.2. The molecule has 11 heteroatoms. The fourth-order valence-corrected chi connectivity index (χ4v) is 5.51. The standard InChI is InChI=1S/C26H32F3N7S/c1-17-13-19(15-34-9-4-10-34)5-6-23(17)36-16-22(31-18(36)2)24-21(26(27,28)29)14-30-25(33-24)32-20-7-11-35(37-3)12-8-20/h5-6,13-14,16,20H,4,7-12,15H2,1-3H3,(H,30,32,33). The first kappa shape index (κ1) is 26.0. The first-order valence-electron chi connectivity index (χ1n) is 12.6. The second-order valence-corrected chi connectivity index (χ2v) is 10.7. The second-order valence-electron chi connectivity index (χ2n) is 9.78. The third-order valence-electron chi connectivity index (χ3n) is 7.14. The van der Waals surface area contributed by atoms with E-state index in [9.17, 15) is 13.2 Å². The van der Waals surface area contributed by atoms with E-state index in [4.69, 9.17) is 0 Å². The number of nitrogens with zero attached hydrogens (tertiary/aromatic N) is 6. The number of alkyl halides is 3. The number of anilines is 1. The second kappa shape index (κ2) is 10.6. The molecule has 3 aromatic rings. The summed E-state index contributed by atoms with van der Waals surface area (Å²) in [6.07, 6.45) is 2.96. The largest absolute Gasteiger partial charge is 0.420 e. The van der Waals surface area contributed by atoms with Crippen LogP contribution in [-0.4, -0.2) is 67.2 Å². The SMILES string of the molecule is CSN1CCC(Nc2ncc(C(F)(F)F)c(-c3cn(-c4ccc(CN5CCC5)cc4C)c(C)n3)n2)CC1. The topological polar surface area (TPSA) is 62.1 Å². The van der Waals surface area contributed by atoms with E-state index in [1.54, 1.807) is 25.1 Å². The maximum Gasteiger partial charge on any atom is 0.420 e. The van der Waals surface area contributed by atoms with Gasteiger partial charge in [0.25, 0.3) is 0 Å². The van der Waals surface area contributed by atoms with E-state index in [0.717, 1.165) is 63.0 Å².